The number of nitrogens with zero attached hydrogens (tertiary/aromatic N) is 3. The van der Waals surface area contributed by atoms with Crippen LogP contribution >= 0.6 is 0 Å². The summed E-state index contributed by atoms with van der Waals surface area (Å²) in [5, 5.41) is 6.91. The monoisotopic (exact) mass is 404 g/mol. The van der Waals surface area contributed by atoms with Gasteiger partial charge < -0.3 is 14.7 Å². The molecule has 2 heterocycles. The van der Waals surface area contributed by atoms with Gasteiger partial charge in [0.1, 0.15) is 0 Å². The van der Waals surface area contributed by atoms with E-state index >= 15 is 0 Å². The van der Waals surface area contributed by atoms with Gasteiger partial charge in [0.05, 0.1) is 0 Å². The number of likely N-dealkylation sites (tertiary alicyclic amines) is 1. The van der Waals surface area contributed by atoms with Gasteiger partial charge in [0.15, 0.2) is 0 Å². The van der Waals surface area contributed by atoms with Crippen LogP contribution in [0.1, 0.15) is 34.7 Å². The molecule has 30 heavy (non-hydrogen) atoms. The van der Waals surface area contributed by atoms with Crippen molar-refractivity contribution in [3.05, 3.63) is 65.5 Å². The minimum atomic E-state index is -0.0856. The predicted octanol–water partition coefficient (Wildman–Crippen LogP) is 3.84. The van der Waals surface area contributed by atoms with Gasteiger partial charge in [0, 0.05) is 42.7 Å². The topological polar surface area (TPSA) is 88.3 Å². The Bertz CT molecular complexity index is 1050. The van der Waals surface area contributed by atoms with Gasteiger partial charge in [-0.2, -0.15) is 4.98 Å². The SMILES string of the molecule is Cc1nc(-c2ccc(C(=O)N3CCC(C(=O)Nc4ccccc4C)CC3)cc2)no1. The van der Waals surface area contributed by atoms with E-state index in [9.17, 15) is 9.59 Å². The van der Waals surface area contributed by atoms with Gasteiger partial charge in [-0.05, 0) is 43.5 Å². The van der Waals surface area contributed by atoms with Crippen molar-refractivity contribution in [3.8, 4) is 11.4 Å². The average Bonchev–Trinajstić information content (AvgIpc) is 3.21. The maximum absolute atomic E-state index is 12.8. The maximum Gasteiger partial charge on any atom is 0.253 e. The Balaban J connectivity index is 1.34. The van der Waals surface area contributed by atoms with Gasteiger partial charge in [-0.25, -0.2) is 0 Å². The third kappa shape index (κ3) is 4.25. The van der Waals surface area contributed by atoms with Crippen LogP contribution in [0, 0.1) is 19.8 Å². The van der Waals surface area contributed by atoms with Gasteiger partial charge in [0.2, 0.25) is 17.6 Å². The van der Waals surface area contributed by atoms with Crippen molar-refractivity contribution in [2.75, 3.05) is 18.4 Å². The summed E-state index contributed by atoms with van der Waals surface area (Å²) in [6, 6.07) is 14.9. The van der Waals surface area contributed by atoms with Crippen LogP contribution in [0.25, 0.3) is 11.4 Å². The summed E-state index contributed by atoms with van der Waals surface area (Å²) in [5.41, 5.74) is 3.30. The normalized spacial score (nSPS) is 14.5. The van der Waals surface area contributed by atoms with Crippen LogP contribution in [0.3, 0.4) is 0 Å². The Hall–Kier alpha value is -3.48. The first-order valence-electron chi connectivity index (χ1n) is 10.1. The Morgan fingerprint density at radius 3 is 2.37 bits per heavy atom. The van der Waals surface area contributed by atoms with Crippen molar-refractivity contribution in [1.29, 1.82) is 0 Å². The minimum Gasteiger partial charge on any atom is -0.339 e. The number of piperidine rings is 1. The molecule has 0 unspecified atom stereocenters. The smallest absolute Gasteiger partial charge is 0.253 e. The lowest BCUT2D eigenvalue weighted by Gasteiger charge is -2.31. The highest BCUT2D eigenvalue weighted by molar-refractivity contribution is 5.96. The summed E-state index contributed by atoms with van der Waals surface area (Å²) in [7, 11) is 0. The highest BCUT2D eigenvalue weighted by Gasteiger charge is 2.28. The molecule has 0 aliphatic carbocycles. The quantitative estimate of drug-likeness (QED) is 0.714. The molecule has 0 spiro atoms. The van der Waals surface area contributed by atoms with Crippen molar-refractivity contribution in [3.63, 3.8) is 0 Å². The molecule has 7 nitrogen and oxygen atoms in total. The van der Waals surface area contributed by atoms with Crippen LogP contribution in [-0.2, 0) is 4.79 Å². The second-order valence-electron chi connectivity index (χ2n) is 7.58. The third-order valence-electron chi connectivity index (χ3n) is 5.47. The van der Waals surface area contributed by atoms with Crippen LogP contribution in [0.2, 0.25) is 0 Å². The van der Waals surface area contributed by atoms with Crippen molar-refractivity contribution >= 4 is 17.5 Å². The van der Waals surface area contributed by atoms with E-state index in [1.54, 1.807) is 19.1 Å². The molecule has 0 saturated carbocycles. The molecule has 0 bridgehead atoms. The standard InChI is InChI=1S/C23H24N4O3/c1-15-5-3-4-6-20(15)25-22(28)18-11-13-27(14-12-18)23(29)19-9-7-17(8-10-19)21-24-16(2)30-26-21/h3-10,18H,11-14H2,1-2H3,(H,25,28). The Morgan fingerprint density at radius 2 is 1.73 bits per heavy atom. The average molecular weight is 404 g/mol. The van der Waals surface area contributed by atoms with E-state index in [-0.39, 0.29) is 17.7 Å². The molecule has 1 fully saturated rings. The first kappa shape index (κ1) is 19.8. The van der Waals surface area contributed by atoms with Crippen LogP contribution in [-0.4, -0.2) is 39.9 Å². The molecule has 0 atom stereocenters. The number of aryl methyl sites for hydroxylation is 2. The van der Waals surface area contributed by atoms with Gasteiger partial charge >= 0.3 is 0 Å². The van der Waals surface area contributed by atoms with Crippen molar-refractivity contribution in [2.24, 2.45) is 5.92 Å². The molecule has 1 aliphatic heterocycles. The predicted molar refractivity (Wildman–Crippen MR) is 113 cm³/mol. The zero-order valence-corrected chi connectivity index (χ0v) is 17.1. The lowest BCUT2D eigenvalue weighted by atomic mass is 9.95. The Kier molecular flexibility index (Phi) is 5.61. The minimum absolute atomic E-state index is 0.0242. The maximum atomic E-state index is 12.8. The number of hydrogen-bond donors (Lipinski definition) is 1. The first-order valence-corrected chi connectivity index (χ1v) is 10.1. The summed E-state index contributed by atoms with van der Waals surface area (Å²) < 4.78 is 5.00. The summed E-state index contributed by atoms with van der Waals surface area (Å²) in [6.45, 7) is 4.84. The molecule has 154 valence electrons. The number of para-hydroxylation sites is 1. The molecule has 3 aromatic rings. The lowest BCUT2D eigenvalue weighted by molar-refractivity contribution is -0.121. The second kappa shape index (κ2) is 8.49. The second-order valence-corrected chi connectivity index (χ2v) is 7.58. The summed E-state index contributed by atoms with van der Waals surface area (Å²) in [6.07, 6.45) is 1.31. The number of benzene rings is 2. The highest BCUT2D eigenvalue weighted by Crippen LogP contribution is 2.23. The molecule has 4 rings (SSSR count). The van der Waals surface area contributed by atoms with Crippen molar-refractivity contribution in [1.82, 2.24) is 15.0 Å². The molecular formula is C23H24N4O3. The fourth-order valence-electron chi connectivity index (χ4n) is 3.65. The van der Waals surface area contributed by atoms with E-state index in [4.69, 9.17) is 4.52 Å². The van der Waals surface area contributed by atoms with E-state index in [0.717, 1.165) is 16.8 Å². The van der Waals surface area contributed by atoms with Crippen LogP contribution in [0.15, 0.2) is 53.1 Å². The Morgan fingerprint density at radius 1 is 1.03 bits per heavy atom. The lowest BCUT2D eigenvalue weighted by Crippen LogP contribution is -2.41. The largest absolute Gasteiger partial charge is 0.339 e. The molecule has 2 amide bonds. The van der Waals surface area contributed by atoms with Crippen LogP contribution in [0.4, 0.5) is 5.69 Å². The van der Waals surface area contributed by atoms with Crippen molar-refractivity contribution < 1.29 is 14.1 Å². The van der Waals surface area contributed by atoms with Gasteiger partial charge in [-0.3, -0.25) is 9.59 Å². The third-order valence-corrected chi connectivity index (χ3v) is 5.47. The van der Waals surface area contributed by atoms with Crippen LogP contribution < -0.4 is 5.32 Å². The van der Waals surface area contributed by atoms with Crippen molar-refractivity contribution in [2.45, 2.75) is 26.7 Å². The molecule has 1 aromatic heterocycles. The molecule has 2 aromatic carbocycles. The van der Waals surface area contributed by atoms with E-state index < -0.39 is 0 Å². The Labute approximate surface area is 175 Å². The number of carbonyl (C=O) groups excluding carboxylic acids is 2. The number of nitrogens with one attached hydrogen (secondary N) is 1. The number of anilines is 1. The van der Waals surface area contributed by atoms with Gasteiger partial charge in [-0.15, -0.1) is 0 Å². The first-order chi connectivity index (χ1) is 14.5. The summed E-state index contributed by atoms with van der Waals surface area (Å²) >= 11 is 0. The van der Waals surface area contributed by atoms with Crippen LogP contribution in [0.5, 0.6) is 0 Å². The van der Waals surface area contributed by atoms with Gasteiger partial charge in [0.25, 0.3) is 5.91 Å². The zero-order chi connectivity index (χ0) is 21.1. The number of aromatic nitrogens is 2. The van der Waals surface area contributed by atoms with E-state index in [1.807, 2.05) is 48.2 Å². The molecule has 1 N–H and O–H groups in total. The number of carbonyl (C=O) groups is 2. The van der Waals surface area contributed by atoms with E-state index in [1.165, 1.54) is 0 Å². The number of hydrogen-bond acceptors (Lipinski definition) is 5. The fourth-order valence-corrected chi connectivity index (χ4v) is 3.65. The molecule has 1 saturated heterocycles. The zero-order valence-electron chi connectivity index (χ0n) is 17.1. The van der Waals surface area contributed by atoms with E-state index in [2.05, 4.69) is 15.5 Å². The molecule has 7 heteroatoms. The molecule has 1 aliphatic rings. The molecular weight excluding hydrogens is 380 g/mol. The summed E-state index contributed by atoms with van der Waals surface area (Å²) in [5.74, 6) is 0.920. The fraction of sp³-hybridized carbons (Fsp3) is 0.304. The van der Waals surface area contributed by atoms with E-state index in [0.29, 0.717) is 43.2 Å². The highest BCUT2D eigenvalue weighted by atomic mass is 16.5. The summed E-state index contributed by atoms with van der Waals surface area (Å²) in [4.78, 5) is 31.5. The van der Waals surface area contributed by atoms with Gasteiger partial charge in [-0.1, -0.05) is 35.5 Å². The number of rotatable bonds is 4. The number of amides is 2. The molecule has 0 radical (unpaired) electrons.